The van der Waals surface area contributed by atoms with Crippen LogP contribution in [0.15, 0.2) is 0 Å². The van der Waals surface area contributed by atoms with Crippen LogP contribution in [0.4, 0.5) is 0 Å². The van der Waals surface area contributed by atoms with E-state index in [-0.39, 0.29) is 24.9 Å². The molecule has 0 amide bonds. The first-order chi connectivity index (χ1) is 6.99. The van der Waals surface area contributed by atoms with E-state index in [9.17, 15) is 13.2 Å². The Morgan fingerprint density at radius 3 is 2.19 bits per heavy atom. The molecular weight excluding hydrogens is 232 g/mol. The van der Waals surface area contributed by atoms with Gasteiger partial charge in [0.2, 0.25) is 0 Å². The zero-order valence-electron chi connectivity index (χ0n) is 10.4. The molecule has 0 spiro atoms. The Bertz CT molecular complexity index is 326. The first-order valence-corrected chi connectivity index (χ1v) is 6.87. The standard InChI is InChI=1S/C10H20O5S/c1-8(7-14-16(5,12)13)6-9(11)15-10(2,3)4/h8H,6-7H2,1-5H3/t8-/m0/s1. The summed E-state index contributed by atoms with van der Waals surface area (Å²) in [4.78, 5) is 11.4. The largest absolute Gasteiger partial charge is 0.460 e. The molecule has 0 aliphatic carbocycles. The molecule has 0 aliphatic rings. The maximum absolute atomic E-state index is 11.4. The molecule has 0 bridgehead atoms. The third-order valence-electron chi connectivity index (χ3n) is 1.50. The molecular formula is C10H20O5S. The van der Waals surface area contributed by atoms with Crippen LogP contribution >= 0.6 is 0 Å². The summed E-state index contributed by atoms with van der Waals surface area (Å²) in [6.07, 6.45) is 1.12. The Hall–Kier alpha value is -0.620. The first-order valence-electron chi connectivity index (χ1n) is 5.06. The molecule has 0 heterocycles. The molecule has 1 atom stereocenters. The van der Waals surface area contributed by atoms with Gasteiger partial charge in [0.25, 0.3) is 10.1 Å². The van der Waals surface area contributed by atoms with Crippen molar-refractivity contribution in [3.8, 4) is 0 Å². The summed E-state index contributed by atoms with van der Waals surface area (Å²) in [5.41, 5.74) is -0.519. The van der Waals surface area contributed by atoms with Gasteiger partial charge in [0.1, 0.15) is 5.60 Å². The number of carbonyl (C=O) groups excluding carboxylic acids is 1. The molecule has 0 saturated carbocycles. The van der Waals surface area contributed by atoms with E-state index in [2.05, 4.69) is 4.18 Å². The topological polar surface area (TPSA) is 69.7 Å². The Balaban J connectivity index is 3.97. The second-order valence-corrected chi connectivity index (χ2v) is 6.53. The van der Waals surface area contributed by atoms with E-state index in [0.717, 1.165) is 6.26 Å². The number of esters is 1. The van der Waals surface area contributed by atoms with Crippen LogP contribution in [-0.2, 0) is 23.8 Å². The van der Waals surface area contributed by atoms with Crippen LogP contribution in [0.25, 0.3) is 0 Å². The van der Waals surface area contributed by atoms with Crippen molar-refractivity contribution in [1.82, 2.24) is 0 Å². The number of carbonyl (C=O) groups is 1. The predicted octanol–water partition coefficient (Wildman–Crippen LogP) is 1.33. The van der Waals surface area contributed by atoms with Crippen LogP contribution in [-0.4, -0.2) is 32.9 Å². The van der Waals surface area contributed by atoms with E-state index in [0.29, 0.717) is 0 Å². The summed E-state index contributed by atoms with van der Waals surface area (Å²) in [6, 6.07) is 0. The van der Waals surface area contributed by atoms with Gasteiger partial charge in [-0.1, -0.05) is 6.92 Å². The number of ether oxygens (including phenoxy) is 1. The molecule has 0 rings (SSSR count). The normalized spacial score (nSPS) is 14.6. The van der Waals surface area contributed by atoms with Crippen molar-refractivity contribution in [1.29, 1.82) is 0 Å². The average molecular weight is 252 g/mol. The van der Waals surface area contributed by atoms with Crippen molar-refractivity contribution >= 4 is 16.1 Å². The maximum atomic E-state index is 11.4. The molecule has 0 fully saturated rings. The highest BCUT2D eigenvalue weighted by Gasteiger charge is 2.19. The van der Waals surface area contributed by atoms with E-state index in [1.807, 2.05) is 0 Å². The molecule has 5 nitrogen and oxygen atoms in total. The summed E-state index contributed by atoms with van der Waals surface area (Å²) >= 11 is 0. The molecule has 0 unspecified atom stereocenters. The van der Waals surface area contributed by atoms with Crippen LogP contribution in [0.2, 0.25) is 0 Å². The lowest BCUT2D eigenvalue weighted by molar-refractivity contribution is -0.156. The number of hydrogen-bond acceptors (Lipinski definition) is 5. The number of rotatable bonds is 5. The van der Waals surface area contributed by atoms with Gasteiger partial charge in [0.15, 0.2) is 0 Å². The lowest BCUT2D eigenvalue weighted by Gasteiger charge is -2.20. The average Bonchev–Trinajstić information content (AvgIpc) is 1.95. The van der Waals surface area contributed by atoms with Crippen LogP contribution in [0.3, 0.4) is 0 Å². The van der Waals surface area contributed by atoms with E-state index in [1.54, 1.807) is 27.7 Å². The van der Waals surface area contributed by atoms with Gasteiger partial charge >= 0.3 is 5.97 Å². The quantitative estimate of drug-likeness (QED) is 0.545. The van der Waals surface area contributed by atoms with Crippen molar-refractivity contribution < 1.29 is 22.1 Å². The summed E-state index contributed by atoms with van der Waals surface area (Å²) in [7, 11) is -3.44. The molecule has 0 radical (unpaired) electrons. The van der Waals surface area contributed by atoms with E-state index >= 15 is 0 Å². The lowest BCUT2D eigenvalue weighted by Crippen LogP contribution is -2.25. The van der Waals surface area contributed by atoms with Crippen molar-refractivity contribution in [2.75, 3.05) is 12.9 Å². The smallest absolute Gasteiger partial charge is 0.306 e. The third kappa shape index (κ3) is 9.92. The molecule has 16 heavy (non-hydrogen) atoms. The highest BCUT2D eigenvalue weighted by Crippen LogP contribution is 2.12. The highest BCUT2D eigenvalue weighted by molar-refractivity contribution is 7.85. The van der Waals surface area contributed by atoms with Crippen LogP contribution < -0.4 is 0 Å². The van der Waals surface area contributed by atoms with E-state index in [1.165, 1.54) is 0 Å². The van der Waals surface area contributed by atoms with Crippen molar-refractivity contribution in [2.24, 2.45) is 5.92 Å². The minimum absolute atomic E-state index is 0.00191. The second kappa shape index (κ2) is 5.63. The Kier molecular flexibility index (Phi) is 5.41. The lowest BCUT2D eigenvalue weighted by atomic mass is 10.1. The SMILES string of the molecule is C[C@H](COS(C)(=O)=O)CC(=O)OC(C)(C)C. The fourth-order valence-electron chi connectivity index (χ4n) is 0.966. The minimum Gasteiger partial charge on any atom is -0.460 e. The van der Waals surface area contributed by atoms with Gasteiger partial charge in [0.05, 0.1) is 19.3 Å². The van der Waals surface area contributed by atoms with E-state index in [4.69, 9.17) is 4.74 Å². The molecule has 0 aromatic heterocycles. The van der Waals surface area contributed by atoms with Crippen LogP contribution in [0, 0.1) is 5.92 Å². The highest BCUT2D eigenvalue weighted by atomic mass is 32.2. The number of hydrogen-bond donors (Lipinski definition) is 0. The van der Waals surface area contributed by atoms with Crippen LogP contribution in [0.1, 0.15) is 34.1 Å². The Morgan fingerprint density at radius 2 is 1.81 bits per heavy atom. The van der Waals surface area contributed by atoms with Gasteiger partial charge in [-0.2, -0.15) is 8.42 Å². The fraction of sp³-hybridized carbons (Fsp3) is 0.900. The Morgan fingerprint density at radius 1 is 1.31 bits per heavy atom. The van der Waals surface area contributed by atoms with Crippen molar-refractivity contribution in [3.05, 3.63) is 0 Å². The molecule has 0 N–H and O–H groups in total. The summed E-state index contributed by atoms with van der Waals surface area (Å²) < 4.78 is 31.1. The van der Waals surface area contributed by atoms with Gasteiger partial charge < -0.3 is 4.74 Å². The fourth-order valence-corrected chi connectivity index (χ4v) is 1.45. The predicted molar refractivity (Wildman–Crippen MR) is 60.4 cm³/mol. The molecule has 0 aromatic carbocycles. The minimum atomic E-state index is -3.44. The summed E-state index contributed by atoms with van der Waals surface area (Å²) in [5.74, 6) is -0.540. The molecule has 0 aromatic rings. The molecule has 0 saturated heterocycles. The first kappa shape index (κ1) is 15.4. The van der Waals surface area contributed by atoms with Gasteiger partial charge in [-0.3, -0.25) is 8.98 Å². The molecule has 6 heteroatoms. The summed E-state index contributed by atoms with van der Waals surface area (Å²) in [5, 5.41) is 0. The maximum Gasteiger partial charge on any atom is 0.306 e. The van der Waals surface area contributed by atoms with E-state index < -0.39 is 15.7 Å². The zero-order chi connectivity index (χ0) is 13.0. The second-order valence-electron chi connectivity index (χ2n) is 4.88. The van der Waals surface area contributed by atoms with Crippen molar-refractivity contribution in [3.63, 3.8) is 0 Å². The van der Waals surface area contributed by atoms with Crippen LogP contribution in [0.5, 0.6) is 0 Å². The van der Waals surface area contributed by atoms with Crippen molar-refractivity contribution in [2.45, 2.75) is 39.7 Å². The van der Waals surface area contributed by atoms with Gasteiger partial charge in [-0.05, 0) is 26.7 Å². The molecule has 0 aliphatic heterocycles. The Labute approximate surface area is 97.2 Å². The van der Waals surface area contributed by atoms with Gasteiger partial charge in [0, 0.05) is 0 Å². The zero-order valence-corrected chi connectivity index (χ0v) is 11.3. The summed E-state index contributed by atoms with van der Waals surface area (Å²) in [6.45, 7) is 7.07. The third-order valence-corrected chi connectivity index (χ3v) is 2.07. The van der Waals surface area contributed by atoms with Gasteiger partial charge in [-0.25, -0.2) is 0 Å². The molecule has 96 valence electrons. The van der Waals surface area contributed by atoms with Gasteiger partial charge in [-0.15, -0.1) is 0 Å². The monoisotopic (exact) mass is 252 g/mol.